The van der Waals surface area contributed by atoms with Crippen LogP contribution < -0.4 is 0 Å². The fourth-order valence-electron chi connectivity index (χ4n) is 10.6. The lowest BCUT2D eigenvalue weighted by atomic mass is 10.0. The van der Waals surface area contributed by atoms with Crippen LogP contribution in [0.3, 0.4) is 0 Å². The number of benzene rings is 11. The fraction of sp³-hybridized carbons (Fsp3) is 0. The molecule has 320 valence electrons. The zero-order valence-corrected chi connectivity index (χ0v) is 37.7. The van der Waals surface area contributed by atoms with Crippen LogP contribution in [0.15, 0.2) is 223 Å². The van der Waals surface area contributed by atoms with Crippen molar-refractivity contribution in [3.8, 4) is 51.0 Å². The second kappa shape index (κ2) is 14.8. The maximum Gasteiger partial charge on any atom is 0.164 e. The van der Waals surface area contributed by atoms with E-state index in [1.807, 2.05) is 6.07 Å². The third-order valence-corrected chi connectivity index (χ3v) is 15.1. The van der Waals surface area contributed by atoms with Crippen molar-refractivity contribution in [3.05, 3.63) is 218 Å². The van der Waals surface area contributed by atoms with Gasteiger partial charge in [0.25, 0.3) is 0 Å². The first-order chi connectivity index (χ1) is 34.1. The third-order valence-electron chi connectivity index (χ3n) is 14.0. The Morgan fingerprint density at radius 1 is 0.319 bits per heavy atom. The normalized spacial score (nSPS) is 12.1. The second-order valence-corrected chi connectivity index (χ2v) is 19.1. The lowest BCUT2D eigenvalue weighted by Crippen LogP contribution is -2.00. The molecular weight excluding hydrogens is 861 g/mol. The van der Waals surface area contributed by atoms with Gasteiger partial charge in [0.05, 0.1) is 11.0 Å². The number of nitrogens with zero attached hydrogens (tertiary/aromatic N) is 4. The monoisotopic (exact) mass is 896 g/mol. The van der Waals surface area contributed by atoms with Crippen molar-refractivity contribution in [2.75, 3.05) is 0 Å². The van der Waals surface area contributed by atoms with Gasteiger partial charge in [0.2, 0.25) is 0 Å². The summed E-state index contributed by atoms with van der Waals surface area (Å²) in [7, 11) is 0. The Bertz CT molecular complexity index is 4510. The van der Waals surface area contributed by atoms with Gasteiger partial charge in [-0.15, -0.1) is 11.3 Å². The zero-order chi connectivity index (χ0) is 45.2. The van der Waals surface area contributed by atoms with Gasteiger partial charge in [-0.1, -0.05) is 152 Å². The summed E-state index contributed by atoms with van der Waals surface area (Å²) in [6.07, 6.45) is 0. The molecule has 0 spiro atoms. The molecule has 0 atom stereocenters. The van der Waals surface area contributed by atoms with Crippen molar-refractivity contribution in [1.29, 1.82) is 0 Å². The van der Waals surface area contributed by atoms with Gasteiger partial charge < -0.3 is 8.98 Å². The van der Waals surface area contributed by atoms with E-state index in [1.54, 1.807) is 11.3 Å². The maximum absolute atomic E-state index is 6.78. The summed E-state index contributed by atoms with van der Waals surface area (Å²) >= 11 is 1.79. The van der Waals surface area contributed by atoms with Gasteiger partial charge in [0.15, 0.2) is 17.5 Å². The number of furan rings is 1. The molecule has 0 unspecified atom stereocenters. The Balaban J connectivity index is 0.893. The molecule has 0 radical (unpaired) electrons. The van der Waals surface area contributed by atoms with Crippen molar-refractivity contribution in [2.45, 2.75) is 0 Å². The molecule has 0 fully saturated rings. The molecule has 4 aromatic heterocycles. The highest BCUT2D eigenvalue weighted by Crippen LogP contribution is 2.42. The first kappa shape index (κ1) is 38.2. The number of hydrogen-bond acceptors (Lipinski definition) is 5. The van der Waals surface area contributed by atoms with Gasteiger partial charge in [-0.25, -0.2) is 15.0 Å². The van der Waals surface area contributed by atoms with Crippen LogP contribution in [0.2, 0.25) is 0 Å². The van der Waals surface area contributed by atoms with Crippen LogP contribution in [0.4, 0.5) is 0 Å². The first-order valence-electron chi connectivity index (χ1n) is 23.2. The van der Waals surface area contributed by atoms with E-state index in [2.05, 4.69) is 217 Å². The number of aromatic nitrogens is 4. The molecule has 0 N–H and O–H groups in total. The predicted octanol–water partition coefficient (Wildman–Crippen LogP) is 17.4. The van der Waals surface area contributed by atoms with Crippen molar-refractivity contribution in [1.82, 2.24) is 19.5 Å². The highest BCUT2D eigenvalue weighted by Gasteiger charge is 2.20. The quantitative estimate of drug-likeness (QED) is 0.173. The lowest BCUT2D eigenvalue weighted by Gasteiger charge is -2.11. The Hall–Kier alpha value is -8.97. The van der Waals surface area contributed by atoms with Gasteiger partial charge in [-0.3, -0.25) is 0 Å². The molecule has 0 aliphatic rings. The highest BCUT2D eigenvalue weighted by molar-refractivity contribution is 7.25. The van der Waals surface area contributed by atoms with E-state index in [0.29, 0.717) is 17.5 Å². The summed E-state index contributed by atoms with van der Waals surface area (Å²) in [5.74, 6) is 1.82. The van der Waals surface area contributed by atoms with Crippen LogP contribution in [-0.2, 0) is 0 Å². The average Bonchev–Trinajstić information content (AvgIpc) is 4.08. The Morgan fingerprint density at radius 3 is 1.57 bits per heavy atom. The summed E-state index contributed by atoms with van der Waals surface area (Å²) in [4.78, 5) is 15.5. The highest BCUT2D eigenvalue weighted by atomic mass is 32.1. The summed E-state index contributed by atoms with van der Waals surface area (Å²) in [5.41, 5.74) is 10.1. The van der Waals surface area contributed by atoms with Crippen molar-refractivity contribution < 1.29 is 4.42 Å². The predicted molar refractivity (Wildman–Crippen MR) is 289 cm³/mol. The molecule has 15 rings (SSSR count). The molecule has 0 saturated heterocycles. The van der Waals surface area contributed by atoms with Gasteiger partial charge in [0.1, 0.15) is 11.2 Å². The number of fused-ring (bicyclic) bond motifs is 13. The van der Waals surface area contributed by atoms with Crippen molar-refractivity contribution >= 4 is 108 Å². The molecule has 11 aromatic carbocycles. The van der Waals surface area contributed by atoms with Crippen molar-refractivity contribution in [3.63, 3.8) is 0 Å². The molecule has 5 nitrogen and oxygen atoms in total. The summed E-state index contributed by atoms with van der Waals surface area (Å²) in [6.45, 7) is 0. The van der Waals surface area contributed by atoms with Crippen LogP contribution >= 0.6 is 11.3 Å². The van der Waals surface area contributed by atoms with E-state index in [-0.39, 0.29) is 0 Å². The number of thiophene rings is 1. The second-order valence-electron chi connectivity index (χ2n) is 18.0. The fourth-order valence-corrected chi connectivity index (χ4v) is 11.7. The molecular formula is C63H36N4OS. The molecule has 0 amide bonds. The van der Waals surface area contributed by atoms with Crippen LogP contribution in [0.5, 0.6) is 0 Å². The molecule has 0 aliphatic heterocycles. The minimum absolute atomic E-state index is 0.583. The molecule has 0 bridgehead atoms. The SMILES string of the molecule is c1ccc(-c2ccc(-c3nc(-c4ccc5c(c4)oc4ccc6ccc(-n7c8cc9ccccc9cc8c8cc9ccccc9cc87)cc6c45)nc(-c4ccc5c(c4)sc4ccccc45)n3)cc2)cc1. The topological polar surface area (TPSA) is 56.7 Å². The minimum atomic E-state index is 0.583. The Kier molecular flexibility index (Phi) is 8.17. The van der Waals surface area contributed by atoms with Crippen LogP contribution in [0.25, 0.3) is 147 Å². The average molecular weight is 897 g/mol. The van der Waals surface area contributed by atoms with E-state index in [1.165, 1.54) is 63.5 Å². The van der Waals surface area contributed by atoms with E-state index < -0.39 is 0 Å². The Morgan fingerprint density at radius 2 is 0.855 bits per heavy atom. The zero-order valence-electron chi connectivity index (χ0n) is 36.9. The summed E-state index contributed by atoms with van der Waals surface area (Å²) in [6, 6.07) is 78.2. The van der Waals surface area contributed by atoms with E-state index in [4.69, 9.17) is 19.4 Å². The standard InChI is InChI=1S/C63H36N4OS/c1-2-10-37(11-3-1)38-18-20-40(21-19-38)61-64-62(66-63(65-61)46-23-27-49-48-16-8-9-17-58(48)69-59(49)35-46)45-24-28-50-57(34-45)68-56-29-25-39-22-26-47(36-51(39)60(50)56)67-54-32-43-14-6-4-12-41(43)30-52(54)53-31-42-13-5-7-15-44(42)33-55(53)67/h1-36H. The number of hydrogen-bond donors (Lipinski definition) is 0. The van der Waals surface area contributed by atoms with Crippen LogP contribution in [0, 0.1) is 0 Å². The smallest absolute Gasteiger partial charge is 0.164 e. The van der Waals surface area contributed by atoms with Crippen LogP contribution in [0.1, 0.15) is 0 Å². The summed E-state index contributed by atoms with van der Waals surface area (Å²) < 4.78 is 11.7. The molecule has 15 aromatic rings. The Labute approximate surface area is 398 Å². The van der Waals surface area contributed by atoms with Gasteiger partial charge in [-0.2, -0.15) is 0 Å². The minimum Gasteiger partial charge on any atom is -0.456 e. The third kappa shape index (κ3) is 6.06. The van der Waals surface area contributed by atoms with Gasteiger partial charge >= 0.3 is 0 Å². The lowest BCUT2D eigenvalue weighted by molar-refractivity contribution is 0.669. The first-order valence-corrected chi connectivity index (χ1v) is 24.0. The molecule has 69 heavy (non-hydrogen) atoms. The van der Waals surface area contributed by atoms with Gasteiger partial charge in [-0.05, 0) is 110 Å². The van der Waals surface area contributed by atoms with E-state index in [9.17, 15) is 0 Å². The molecule has 0 saturated carbocycles. The molecule has 4 heterocycles. The summed E-state index contributed by atoms with van der Waals surface area (Å²) in [5, 5.41) is 14.3. The largest absolute Gasteiger partial charge is 0.456 e. The van der Waals surface area contributed by atoms with Gasteiger partial charge in [0, 0.05) is 64.1 Å². The van der Waals surface area contributed by atoms with Crippen molar-refractivity contribution in [2.24, 2.45) is 0 Å². The van der Waals surface area contributed by atoms with Crippen LogP contribution in [-0.4, -0.2) is 19.5 Å². The van der Waals surface area contributed by atoms with E-state index in [0.717, 1.165) is 66.2 Å². The van der Waals surface area contributed by atoms with E-state index >= 15 is 0 Å². The number of rotatable bonds is 5. The maximum atomic E-state index is 6.78. The molecule has 0 aliphatic carbocycles. The molecule has 6 heteroatoms.